The summed E-state index contributed by atoms with van der Waals surface area (Å²) >= 11 is 3.59. The molecule has 4 nitrogen and oxygen atoms in total. The van der Waals surface area contributed by atoms with Crippen molar-refractivity contribution in [2.75, 3.05) is 0 Å². The molecule has 0 amide bonds. The van der Waals surface area contributed by atoms with Crippen molar-refractivity contribution in [3.8, 4) is 5.75 Å². The lowest BCUT2D eigenvalue weighted by molar-refractivity contribution is -0.154. The number of rotatable bonds is 2. The zero-order chi connectivity index (χ0) is 19.3. The van der Waals surface area contributed by atoms with Crippen molar-refractivity contribution < 1.29 is 19.1 Å². The SMILES string of the molecule is CC(=O)Oc1cc2c(cc1Br)[C@@H]1CC[C@]3(C)[C@H](OC(C)=O)CC[C@H]3[C@H]1CC2. The number of carbonyl (C=O) groups is 2. The van der Waals surface area contributed by atoms with Crippen LogP contribution in [0.4, 0.5) is 0 Å². The van der Waals surface area contributed by atoms with Gasteiger partial charge in [0.15, 0.2) is 0 Å². The standard InChI is InChI=1S/C22H27BrO4/c1-12(24)26-20-10-14-4-5-16-15(17(14)11-19(20)23)8-9-22(3)18(16)6-7-21(22)27-13(2)25/h10-11,15-16,18,21H,4-9H2,1-3H3/t15-,16+,18+,21-,22+/m1/s1. The predicted octanol–water partition coefficient (Wildman–Crippen LogP) is 5.16. The van der Waals surface area contributed by atoms with E-state index in [0.29, 0.717) is 23.5 Å². The van der Waals surface area contributed by atoms with Crippen LogP contribution in [0.25, 0.3) is 0 Å². The second kappa shape index (κ2) is 6.91. The van der Waals surface area contributed by atoms with Crippen LogP contribution in [0.15, 0.2) is 16.6 Å². The molecule has 0 aromatic heterocycles. The average molecular weight is 435 g/mol. The fourth-order valence-corrected chi connectivity index (χ4v) is 6.59. The van der Waals surface area contributed by atoms with E-state index in [-0.39, 0.29) is 23.5 Å². The van der Waals surface area contributed by atoms with Crippen molar-refractivity contribution in [3.05, 3.63) is 27.7 Å². The molecule has 2 fully saturated rings. The Labute approximate surface area is 169 Å². The number of hydrogen-bond acceptors (Lipinski definition) is 4. The Hall–Kier alpha value is -1.36. The minimum Gasteiger partial charge on any atom is -0.462 e. The predicted molar refractivity (Wildman–Crippen MR) is 106 cm³/mol. The summed E-state index contributed by atoms with van der Waals surface area (Å²) in [4.78, 5) is 22.9. The number of carbonyl (C=O) groups excluding carboxylic acids is 2. The first-order chi connectivity index (χ1) is 12.8. The lowest BCUT2D eigenvalue weighted by Crippen LogP contribution is -2.45. The largest absolute Gasteiger partial charge is 0.462 e. The van der Waals surface area contributed by atoms with Gasteiger partial charge in [0.25, 0.3) is 0 Å². The van der Waals surface area contributed by atoms with E-state index in [9.17, 15) is 9.59 Å². The van der Waals surface area contributed by atoms with Gasteiger partial charge >= 0.3 is 11.9 Å². The highest BCUT2D eigenvalue weighted by molar-refractivity contribution is 9.10. The number of ether oxygens (including phenoxy) is 2. The molecule has 0 spiro atoms. The van der Waals surface area contributed by atoms with Gasteiger partial charge in [-0.1, -0.05) is 6.92 Å². The number of benzene rings is 1. The molecule has 0 bridgehead atoms. The van der Waals surface area contributed by atoms with E-state index < -0.39 is 0 Å². The molecule has 1 aromatic rings. The number of esters is 2. The molecule has 2 saturated carbocycles. The van der Waals surface area contributed by atoms with Gasteiger partial charge < -0.3 is 9.47 Å². The van der Waals surface area contributed by atoms with Crippen LogP contribution in [0.5, 0.6) is 5.75 Å². The van der Waals surface area contributed by atoms with Crippen LogP contribution < -0.4 is 4.74 Å². The van der Waals surface area contributed by atoms with Gasteiger partial charge in [-0.25, -0.2) is 0 Å². The van der Waals surface area contributed by atoms with E-state index in [2.05, 4.69) is 28.9 Å². The molecule has 3 aliphatic carbocycles. The molecule has 0 radical (unpaired) electrons. The van der Waals surface area contributed by atoms with E-state index in [1.54, 1.807) is 0 Å². The average Bonchev–Trinajstić information content (AvgIpc) is 2.91. The normalized spacial score (nSPS) is 34.2. The molecule has 27 heavy (non-hydrogen) atoms. The maximum absolute atomic E-state index is 11.5. The van der Waals surface area contributed by atoms with Gasteiger partial charge in [-0.3, -0.25) is 9.59 Å². The Balaban J connectivity index is 1.62. The Bertz CT molecular complexity index is 789. The summed E-state index contributed by atoms with van der Waals surface area (Å²) in [5.41, 5.74) is 2.83. The summed E-state index contributed by atoms with van der Waals surface area (Å²) in [6.45, 7) is 5.30. The summed E-state index contributed by atoms with van der Waals surface area (Å²) in [5, 5.41) is 0. The summed E-state index contributed by atoms with van der Waals surface area (Å²) in [5.74, 6) is 1.98. The zero-order valence-electron chi connectivity index (χ0n) is 16.2. The van der Waals surface area contributed by atoms with Gasteiger partial charge in [0.1, 0.15) is 11.9 Å². The van der Waals surface area contributed by atoms with Crippen molar-refractivity contribution >= 4 is 27.9 Å². The Morgan fingerprint density at radius 3 is 2.59 bits per heavy atom. The third-order valence-electron chi connectivity index (χ3n) is 7.25. The first kappa shape index (κ1) is 19.0. The molecule has 3 aliphatic rings. The monoisotopic (exact) mass is 434 g/mol. The van der Waals surface area contributed by atoms with Gasteiger partial charge in [0, 0.05) is 19.3 Å². The van der Waals surface area contributed by atoms with Gasteiger partial charge in [-0.2, -0.15) is 0 Å². The summed E-state index contributed by atoms with van der Waals surface area (Å²) in [7, 11) is 0. The Morgan fingerprint density at radius 1 is 1.11 bits per heavy atom. The molecular formula is C22H27BrO4. The van der Waals surface area contributed by atoms with Crippen LogP contribution in [-0.2, 0) is 20.7 Å². The smallest absolute Gasteiger partial charge is 0.308 e. The lowest BCUT2D eigenvalue weighted by Gasteiger charge is -2.50. The van der Waals surface area contributed by atoms with Gasteiger partial charge in [-0.05, 0) is 95.5 Å². The highest BCUT2D eigenvalue weighted by Gasteiger charge is 2.56. The zero-order valence-corrected chi connectivity index (χ0v) is 17.8. The number of aryl methyl sites for hydroxylation is 1. The second-order valence-electron chi connectivity index (χ2n) is 8.71. The van der Waals surface area contributed by atoms with Crippen LogP contribution in [-0.4, -0.2) is 18.0 Å². The van der Waals surface area contributed by atoms with Crippen molar-refractivity contribution in [2.45, 2.75) is 71.3 Å². The topological polar surface area (TPSA) is 52.6 Å². The highest BCUT2D eigenvalue weighted by atomic mass is 79.9. The number of fused-ring (bicyclic) bond motifs is 5. The molecule has 0 aliphatic heterocycles. The molecule has 0 unspecified atom stereocenters. The molecular weight excluding hydrogens is 408 g/mol. The van der Waals surface area contributed by atoms with Crippen LogP contribution in [0.1, 0.15) is 69.9 Å². The lowest BCUT2D eigenvalue weighted by atomic mass is 9.55. The summed E-state index contributed by atoms with van der Waals surface area (Å²) < 4.78 is 11.9. The molecule has 146 valence electrons. The minimum atomic E-state index is -0.291. The molecule has 0 N–H and O–H groups in total. The molecule has 0 saturated heterocycles. The first-order valence-corrected chi connectivity index (χ1v) is 10.8. The van der Waals surface area contributed by atoms with E-state index in [4.69, 9.17) is 9.47 Å². The van der Waals surface area contributed by atoms with Crippen molar-refractivity contribution in [3.63, 3.8) is 0 Å². The summed E-state index contributed by atoms with van der Waals surface area (Å²) in [6.07, 6.45) is 6.61. The van der Waals surface area contributed by atoms with Crippen LogP contribution in [0.3, 0.4) is 0 Å². The van der Waals surface area contributed by atoms with Gasteiger partial charge in [-0.15, -0.1) is 0 Å². The minimum absolute atomic E-state index is 0.0698. The summed E-state index contributed by atoms with van der Waals surface area (Å²) in [6, 6.07) is 4.22. The molecule has 5 heteroatoms. The molecule has 4 rings (SSSR count). The fraction of sp³-hybridized carbons (Fsp3) is 0.636. The van der Waals surface area contributed by atoms with Gasteiger partial charge in [0.05, 0.1) is 4.47 Å². The Kier molecular flexibility index (Phi) is 4.86. The maximum atomic E-state index is 11.5. The molecule has 0 heterocycles. The molecule has 1 aromatic carbocycles. The third kappa shape index (κ3) is 3.22. The van der Waals surface area contributed by atoms with Crippen molar-refractivity contribution in [1.82, 2.24) is 0 Å². The fourth-order valence-electron chi connectivity index (χ4n) is 6.15. The second-order valence-corrected chi connectivity index (χ2v) is 9.56. The van der Waals surface area contributed by atoms with E-state index >= 15 is 0 Å². The Morgan fingerprint density at radius 2 is 1.89 bits per heavy atom. The van der Waals surface area contributed by atoms with E-state index in [1.165, 1.54) is 25.0 Å². The van der Waals surface area contributed by atoms with E-state index in [0.717, 1.165) is 43.0 Å². The number of hydrogen-bond donors (Lipinski definition) is 0. The van der Waals surface area contributed by atoms with Crippen LogP contribution in [0, 0.1) is 17.3 Å². The quantitative estimate of drug-likeness (QED) is 0.476. The van der Waals surface area contributed by atoms with Crippen LogP contribution >= 0.6 is 15.9 Å². The number of halogens is 1. The third-order valence-corrected chi connectivity index (χ3v) is 7.87. The van der Waals surface area contributed by atoms with Crippen LogP contribution in [0.2, 0.25) is 0 Å². The first-order valence-electron chi connectivity index (χ1n) is 9.97. The van der Waals surface area contributed by atoms with Gasteiger partial charge in [0.2, 0.25) is 0 Å². The van der Waals surface area contributed by atoms with Crippen molar-refractivity contribution in [1.29, 1.82) is 0 Å². The highest BCUT2D eigenvalue weighted by Crippen LogP contribution is 2.61. The maximum Gasteiger partial charge on any atom is 0.308 e. The van der Waals surface area contributed by atoms with E-state index in [1.807, 2.05) is 6.07 Å². The molecule has 5 atom stereocenters. The van der Waals surface area contributed by atoms with Crippen molar-refractivity contribution in [2.24, 2.45) is 17.3 Å².